The first-order chi connectivity index (χ1) is 7.54. The minimum absolute atomic E-state index is 0.448. The van der Waals surface area contributed by atoms with Crippen molar-refractivity contribution in [1.29, 1.82) is 0 Å². The van der Waals surface area contributed by atoms with E-state index in [0.29, 0.717) is 5.41 Å². The van der Waals surface area contributed by atoms with E-state index in [1.165, 1.54) is 58.4 Å². The molecule has 16 heavy (non-hydrogen) atoms. The normalized spacial score (nSPS) is 29.8. The Balaban J connectivity index is 1.92. The maximum absolute atomic E-state index is 2.74. The van der Waals surface area contributed by atoms with Gasteiger partial charge in [-0.2, -0.15) is 0 Å². The van der Waals surface area contributed by atoms with Crippen LogP contribution in [0.4, 0.5) is 0 Å². The van der Waals surface area contributed by atoms with Crippen LogP contribution < -0.4 is 0 Å². The predicted octanol–water partition coefficient (Wildman–Crippen LogP) is 2.59. The zero-order valence-electron chi connectivity index (χ0n) is 11.3. The van der Waals surface area contributed by atoms with Crippen molar-refractivity contribution in [2.24, 2.45) is 5.41 Å². The number of nitrogens with zero attached hydrogens (tertiary/aromatic N) is 2. The van der Waals surface area contributed by atoms with Crippen molar-refractivity contribution < 1.29 is 0 Å². The van der Waals surface area contributed by atoms with Gasteiger partial charge in [0.25, 0.3) is 0 Å². The van der Waals surface area contributed by atoms with Gasteiger partial charge in [-0.15, -0.1) is 0 Å². The second kappa shape index (κ2) is 5.05. The molecule has 94 valence electrons. The molecule has 2 aliphatic rings. The van der Waals surface area contributed by atoms with E-state index < -0.39 is 0 Å². The van der Waals surface area contributed by atoms with Gasteiger partial charge in [0.05, 0.1) is 0 Å². The van der Waals surface area contributed by atoms with Crippen LogP contribution in [0.3, 0.4) is 0 Å². The first-order valence-corrected chi connectivity index (χ1v) is 7.01. The summed E-state index contributed by atoms with van der Waals surface area (Å²) in [5.74, 6) is 0. The summed E-state index contributed by atoms with van der Waals surface area (Å²) in [4.78, 5) is 5.45. The summed E-state index contributed by atoms with van der Waals surface area (Å²) >= 11 is 0. The standard InChI is InChI=1S/C14H28N2/c1-14(2,3)12-15-8-6-10-16-9-5-4-7-13(16)11-15/h13H,4-12H2,1-3H3. The van der Waals surface area contributed by atoms with Gasteiger partial charge < -0.3 is 4.90 Å². The Kier molecular flexibility index (Phi) is 3.91. The van der Waals surface area contributed by atoms with Crippen LogP contribution in [0.5, 0.6) is 0 Å². The largest absolute Gasteiger partial charge is 0.301 e. The number of hydrogen-bond donors (Lipinski definition) is 0. The lowest BCUT2D eigenvalue weighted by Crippen LogP contribution is -2.45. The van der Waals surface area contributed by atoms with Crippen LogP contribution in [-0.4, -0.2) is 48.6 Å². The summed E-state index contributed by atoms with van der Waals surface area (Å²) in [6.45, 7) is 13.7. The summed E-state index contributed by atoms with van der Waals surface area (Å²) in [5, 5.41) is 0. The molecule has 2 fully saturated rings. The summed E-state index contributed by atoms with van der Waals surface area (Å²) in [6, 6.07) is 0.860. The molecule has 0 N–H and O–H groups in total. The molecular weight excluding hydrogens is 196 g/mol. The third-order valence-corrected chi connectivity index (χ3v) is 3.84. The van der Waals surface area contributed by atoms with Gasteiger partial charge in [0.1, 0.15) is 0 Å². The average molecular weight is 224 g/mol. The Bertz CT molecular complexity index is 219. The van der Waals surface area contributed by atoms with E-state index in [1.54, 1.807) is 0 Å². The maximum Gasteiger partial charge on any atom is 0.0223 e. The van der Waals surface area contributed by atoms with Gasteiger partial charge in [0, 0.05) is 19.1 Å². The summed E-state index contributed by atoms with van der Waals surface area (Å²) in [5.41, 5.74) is 0.448. The molecule has 0 saturated carbocycles. The second-order valence-corrected chi connectivity index (χ2v) is 6.83. The van der Waals surface area contributed by atoms with Crippen LogP contribution in [0.15, 0.2) is 0 Å². The SMILES string of the molecule is CC(C)(C)CN1CCCN2CCCCC2C1. The van der Waals surface area contributed by atoms with E-state index in [2.05, 4.69) is 30.6 Å². The van der Waals surface area contributed by atoms with Crippen molar-refractivity contribution in [2.75, 3.05) is 32.7 Å². The maximum atomic E-state index is 2.74. The van der Waals surface area contributed by atoms with Gasteiger partial charge in [0.2, 0.25) is 0 Å². The van der Waals surface area contributed by atoms with Crippen molar-refractivity contribution >= 4 is 0 Å². The van der Waals surface area contributed by atoms with Gasteiger partial charge in [-0.05, 0) is 44.3 Å². The van der Waals surface area contributed by atoms with Crippen LogP contribution in [0.2, 0.25) is 0 Å². The van der Waals surface area contributed by atoms with E-state index >= 15 is 0 Å². The van der Waals surface area contributed by atoms with Gasteiger partial charge in [-0.25, -0.2) is 0 Å². The molecule has 0 aromatic heterocycles. The topological polar surface area (TPSA) is 6.48 Å². The third-order valence-electron chi connectivity index (χ3n) is 3.84. The average Bonchev–Trinajstić information content (AvgIpc) is 2.36. The van der Waals surface area contributed by atoms with Crippen LogP contribution in [-0.2, 0) is 0 Å². The van der Waals surface area contributed by atoms with Crippen molar-refractivity contribution in [3.8, 4) is 0 Å². The third kappa shape index (κ3) is 3.46. The molecule has 2 aliphatic heterocycles. The van der Waals surface area contributed by atoms with E-state index in [9.17, 15) is 0 Å². The lowest BCUT2D eigenvalue weighted by Gasteiger charge is -2.36. The highest BCUT2D eigenvalue weighted by atomic mass is 15.2. The zero-order chi connectivity index (χ0) is 11.6. The highest BCUT2D eigenvalue weighted by molar-refractivity contribution is 4.84. The van der Waals surface area contributed by atoms with Gasteiger partial charge in [0.15, 0.2) is 0 Å². The highest BCUT2D eigenvalue weighted by Gasteiger charge is 2.28. The van der Waals surface area contributed by atoms with Crippen LogP contribution in [0, 0.1) is 5.41 Å². The lowest BCUT2D eigenvalue weighted by molar-refractivity contribution is 0.122. The Morgan fingerprint density at radius 2 is 1.75 bits per heavy atom. The van der Waals surface area contributed by atoms with E-state index in [1.807, 2.05) is 0 Å². The smallest absolute Gasteiger partial charge is 0.0223 e. The monoisotopic (exact) mass is 224 g/mol. The molecule has 2 rings (SSSR count). The number of hydrogen-bond acceptors (Lipinski definition) is 2. The molecule has 0 bridgehead atoms. The molecule has 0 aliphatic carbocycles. The second-order valence-electron chi connectivity index (χ2n) is 6.83. The molecule has 0 spiro atoms. The molecule has 2 nitrogen and oxygen atoms in total. The molecule has 2 heteroatoms. The summed E-state index contributed by atoms with van der Waals surface area (Å²) in [6.07, 6.45) is 5.67. The Hall–Kier alpha value is -0.0800. The summed E-state index contributed by atoms with van der Waals surface area (Å²) < 4.78 is 0. The van der Waals surface area contributed by atoms with Gasteiger partial charge in [-0.3, -0.25) is 4.90 Å². The van der Waals surface area contributed by atoms with Crippen molar-refractivity contribution in [3.63, 3.8) is 0 Å². The molecule has 0 aromatic carbocycles. The van der Waals surface area contributed by atoms with Crippen molar-refractivity contribution in [3.05, 3.63) is 0 Å². The fourth-order valence-electron chi connectivity index (χ4n) is 3.26. The predicted molar refractivity (Wildman–Crippen MR) is 69.7 cm³/mol. The molecule has 2 saturated heterocycles. The minimum Gasteiger partial charge on any atom is -0.301 e. The first kappa shape index (κ1) is 12.4. The van der Waals surface area contributed by atoms with E-state index in [-0.39, 0.29) is 0 Å². The fourth-order valence-corrected chi connectivity index (χ4v) is 3.26. The lowest BCUT2D eigenvalue weighted by atomic mass is 9.95. The van der Waals surface area contributed by atoms with Crippen LogP contribution in [0.25, 0.3) is 0 Å². The van der Waals surface area contributed by atoms with E-state index in [4.69, 9.17) is 0 Å². The molecule has 1 atom stereocenters. The highest BCUT2D eigenvalue weighted by Crippen LogP contribution is 2.23. The molecular formula is C14H28N2. The molecule has 0 amide bonds. The number of rotatable bonds is 1. The molecule has 0 radical (unpaired) electrons. The van der Waals surface area contributed by atoms with Crippen molar-refractivity contribution in [2.45, 2.75) is 52.5 Å². The minimum atomic E-state index is 0.448. The van der Waals surface area contributed by atoms with Gasteiger partial charge in [-0.1, -0.05) is 27.2 Å². The Labute approximate surface area is 101 Å². The number of fused-ring (bicyclic) bond motifs is 1. The molecule has 0 aromatic rings. The first-order valence-electron chi connectivity index (χ1n) is 7.01. The van der Waals surface area contributed by atoms with Crippen LogP contribution in [0.1, 0.15) is 46.5 Å². The Morgan fingerprint density at radius 1 is 1.00 bits per heavy atom. The van der Waals surface area contributed by atoms with Gasteiger partial charge >= 0.3 is 0 Å². The zero-order valence-corrected chi connectivity index (χ0v) is 11.3. The molecule has 1 unspecified atom stereocenters. The number of piperidine rings is 1. The Morgan fingerprint density at radius 3 is 2.50 bits per heavy atom. The summed E-state index contributed by atoms with van der Waals surface area (Å²) in [7, 11) is 0. The van der Waals surface area contributed by atoms with E-state index in [0.717, 1.165) is 6.04 Å². The quantitative estimate of drug-likeness (QED) is 0.675. The molecule has 2 heterocycles. The fraction of sp³-hybridized carbons (Fsp3) is 1.00. The van der Waals surface area contributed by atoms with Crippen LogP contribution >= 0.6 is 0 Å². The van der Waals surface area contributed by atoms with Crippen molar-refractivity contribution in [1.82, 2.24) is 9.80 Å².